The first-order chi connectivity index (χ1) is 13.5. The zero-order valence-corrected chi connectivity index (χ0v) is 15.9. The standard InChI is InChI=1S/C22H23N3O3/c1-15-7-9-18(10-8-15)25-21(27)13-19(22(25)28)23-17-5-2-4-16(12-17)14-24-11-3-6-20(24)26/h2,4-5,7-10,12,19,23H,3,6,11,13-14H2,1H3/t19-/m0/s1. The molecule has 1 N–H and O–H groups in total. The van der Waals surface area contributed by atoms with E-state index in [2.05, 4.69) is 5.32 Å². The Morgan fingerprint density at radius 3 is 2.54 bits per heavy atom. The predicted molar refractivity (Wildman–Crippen MR) is 107 cm³/mol. The van der Waals surface area contributed by atoms with Gasteiger partial charge in [0.15, 0.2) is 0 Å². The fourth-order valence-electron chi connectivity index (χ4n) is 3.76. The quantitative estimate of drug-likeness (QED) is 0.814. The number of likely N-dealkylation sites (tertiary alicyclic amines) is 1. The van der Waals surface area contributed by atoms with Crippen LogP contribution in [0.4, 0.5) is 11.4 Å². The predicted octanol–water partition coefficient (Wildman–Crippen LogP) is 2.86. The van der Waals surface area contributed by atoms with Gasteiger partial charge in [0.05, 0.1) is 12.1 Å². The van der Waals surface area contributed by atoms with E-state index in [1.165, 1.54) is 4.90 Å². The van der Waals surface area contributed by atoms with E-state index in [0.717, 1.165) is 29.8 Å². The van der Waals surface area contributed by atoms with Crippen LogP contribution in [0.2, 0.25) is 0 Å². The Labute approximate surface area is 164 Å². The fraction of sp³-hybridized carbons (Fsp3) is 0.318. The highest BCUT2D eigenvalue weighted by molar-refractivity contribution is 6.23. The first-order valence-electron chi connectivity index (χ1n) is 9.58. The van der Waals surface area contributed by atoms with Gasteiger partial charge in [-0.3, -0.25) is 14.4 Å². The molecule has 0 unspecified atom stereocenters. The maximum absolute atomic E-state index is 12.8. The van der Waals surface area contributed by atoms with Gasteiger partial charge in [-0.2, -0.15) is 0 Å². The zero-order chi connectivity index (χ0) is 19.7. The van der Waals surface area contributed by atoms with Gasteiger partial charge >= 0.3 is 0 Å². The maximum Gasteiger partial charge on any atom is 0.256 e. The van der Waals surface area contributed by atoms with Gasteiger partial charge in [-0.15, -0.1) is 0 Å². The number of hydrogen-bond acceptors (Lipinski definition) is 4. The molecule has 3 amide bonds. The van der Waals surface area contributed by atoms with E-state index in [1.54, 1.807) is 12.1 Å². The second kappa shape index (κ2) is 7.46. The van der Waals surface area contributed by atoms with Crippen molar-refractivity contribution in [3.05, 3.63) is 59.7 Å². The highest BCUT2D eigenvalue weighted by atomic mass is 16.2. The minimum absolute atomic E-state index is 0.127. The van der Waals surface area contributed by atoms with Gasteiger partial charge in [-0.25, -0.2) is 4.90 Å². The lowest BCUT2D eigenvalue weighted by atomic mass is 10.1. The summed E-state index contributed by atoms with van der Waals surface area (Å²) in [4.78, 5) is 40.2. The molecule has 2 saturated heterocycles. The molecule has 2 aromatic carbocycles. The highest BCUT2D eigenvalue weighted by Crippen LogP contribution is 2.26. The molecular weight excluding hydrogens is 354 g/mol. The van der Waals surface area contributed by atoms with Crippen LogP contribution in [0.3, 0.4) is 0 Å². The first kappa shape index (κ1) is 18.2. The average molecular weight is 377 g/mol. The molecule has 2 aromatic rings. The van der Waals surface area contributed by atoms with Crippen molar-refractivity contribution in [2.45, 2.75) is 38.8 Å². The minimum Gasteiger partial charge on any atom is -0.373 e. The Hall–Kier alpha value is -3.15. The van der Waals surface area contributed by atoms with E-state index >= 15 is 0 Å². The highest BCUT2D eigenvalue weighted by Gasteiger charge is 2.39. The summed E-state index contributed by atoms with van der Waals surface area (Å²) in [5.74, 6) is -0.261. The third-order valence-corrected chi connectivity index (χ3v) is 5.25. The molecular formula is C22H23N3O3. The van der Waals surface area contributed by atoms with Crippen LogP contribution in [-0.4, -0.2) is 35.2 Å². The number of anilines is 2. The van der Waals surface area contributed by atoms with Crippen LogP contribution in [0, 0.1) is 6.92 Å². The fourth-order valence-corrected chi connectivity index (χ4v) is 3.76. The second-order valence-electron chi connectivity index (χ2n) is 7.42. The Morgan fingerprint density at radius 1 is 1.04 bits per heavy atom. The van der Waals surface area contributed by atoms with Crippen LogP contribution in [0.15, 0.2) is 48.5 Å². The molecule has 2 heterocycles. The molecule has 0 radical (unpaired) electrons. The molecule has 0 saturated carbocycles. The van der Waals surface area contributed by atoms with Gasteiger partial charge in [0.25, 0.3) is 5.91 Å². The minimum atomic E-state index is -0.586. The van der Waals surface area contributed by atoms with E-state index in [4.69, 9.17) is 0 Å². The number of nitrogens with zero attached hydrogens (tertiary/aromatic N) is 2. The summed E-state index contributed by atoms with van der Waals surface area (Å²) in [7, 11) is 0. The van der Waals surface area contributed by atoms with Crippen molar-refractivity contribution in [1.29, 1.82) is 0 Å². The first-order valence-corrected chi connectivity index (χ1v) is 9.58. The number of carbonyl (C=O) groups excluding carboxylic acids is 3. The average Bonchev–Trinajstić information content (AvgIpc) is 3.19. The van der Waals surface area contributed by atoms with Crippen LogP contribution in [0.25, 0.3) is 0 Å². The number of imide groups is 1. The van der Waals surface area contributed by atoms with Gasteiger partial charge in [-0.1, -0.05) is 29.8 Å². The van der Waals surface area contributed by atoms with E-state index < -0.39 is 6.04 Å². The lowest BCUT2D eigenvalue weighted by Gasteiger charge is -2.18. The summed E-state index contributed by atoms with van der Waals surface area (Å²) in [6.45, 7) is 3.32. The molecule has 4 rings (SSSR count). The van der Waals surface area contributed by atoms with Gasteiger partial charge in [-0.05, 0) is 43.2 Å². The summed E-state index contributed by atoms with van der Waals surface area (Å²) in [5.41, 5.74) is 3.46. The number of benzene rings is 2. The number of hydrogen-bond donors (Lipinski definition) is 1. The Kier molecular flexibility index (Phi) is 4.86. The van der Waals surface area contributed by atoms with Crippen molar-refractivity contribution in [3.63, 3.8) is 0 Å². The molecule has 0 spiro atoms. The van der Waals surface area contributed by atoms with Crippen LogP contribution >= 0.6 is 0 Å². The number of rotatable bonds is 5. The topological polar surface area (TPSA) is 69.7 Å². The molecule has 2 fully saturated rings. The summed E-state index contributed by atoms with van der Waals surface area (Å²) in [6.07, 6.45) is 1.65. The summed E-state index contributed by atoms with van der Waals surface area (Å²) in [6, 6.07) is 14.5. The molecule has 2 aliphatic heterocycles. The molecule has 6 heteroatoms. The summed E-state index contributed by atoms with van der Waals surface area (Å²) in [5, 5.41) is 3.19. The van der Waals surface area contributed by atoms with Crippen molar-refractivity contribution < 1.29 is 14.4 Å². The lowest BCUT2D eigenvalue weighted by molar-refractivity contribution is -0.128. The van der Waals surface area contributed by atoms with Gasteiger partial charge in [0.2, 0.25) is 11.8 Å². The molecule has 0 bridgehead atoms. The van der Waals surface area contributed by atoms with Crippen molar-refractivity contribution in [2.75, 3.05) is 16.8 Å². The van der Waals surface area contributed by atoms with Crippen molar-refractivity contribution in [2.24, 2.45) is 0 Å². The maximum atomic E-state index is 12.8. The van der Waals surface area contributed by atoms with E-state index in [-0.39, 0.29) is 24.1 Å². The molecule has 28 heavy (non-hydrogen) atoms. The molecule has 6 nitrogen and oxygen atoms in total. The molecule has 144 valence electrons. The molecule has 0 aliphatic carbocycles. The van der Waals surface area contributed by atoms with E-state index in [1.807, 2.05) is 48.2 Å². The molecule has 0 aromatic heterocycles. The normalized spacial score (nSPS) is 19.6. The third-order valence-electron chi connectivity index (χ3n) is 5.25. The number of carbonyl (C=O) groups is 3. The van der Waals surface area contributed by atoms with Crippen molar-refractivity contribution in [3.8, 4) is 0 Å². The molecule has 1 atom stereocenters. The summed E-state index contributed by atoms with van der Waals surface area (Å²) < 4.78 is 0. The summed E-state index contributed by atoms with van der Waals surface area (Å²) >= 11 is 0. The van der Waals surface area contributed by atoms with Crippen molar-refractivity contribution >= 4 is 29.1 Å². The van der Waals surface area contributed by atoms with Gasteiger partial charge < -0.3 is 10.2 Å². The van der Waals surface area contributed by atoms with E-state index in [9.17, 15) is 14.4 Å². The number of nitrogens with one attached hydrogen (secondary N) is 1. The van der Waals surface area contributed by atoms with E-state index in [0.29, 0.717) is 18.7 Å². The smallest absolute Gasteiger partial charge is 0.256 e. The monoisotopic (exact) mass is 377 g/mol. The Morgan fingerprint density at radius 2 is 1.82 bits per heavy atom. The number of amides is 3. The van der Waals surface area contributed by atoms with Crippen molar-refractivity contribution in [1.82, 2.24) is 4.90 Å². The van der Waals surface area contributed by atoms with Crippen LogP contribution in [0.5, 0.6) is 0 Å². The zero-order valence-electron chi connectivity index (χ0n) is 15.9. The van der Waals surface area contributed by atoms with Gasteiger partial charge in [0, 0.05) is 25.2 Å². The largest absolute Gasteiger partial charge is 0.373 e. The second-order valence-corrected chi connectivity index (χ2v) is 7.42. The lowest BCUT2D eigenvalue weighted by Crippen LogP contribution is -2.34. The van der Waals surface area contributed by atoms with Crippen LogP contribution in [-0.2, 0) is 20.9 Å². The van der Waals surface area contributed by atoms with Crippen LogP contribution < -0.4 is 10.2 Å². The van der Waals surface area contributed by atoms with Gasteiger partial charge in [0.1, 0.15) is 6.04 Å². The molecule has 2 aliphatic rings. The third kappa shape index (κ3) is 3.63. The van der Waals surface area contributed by atoms with Crippen LogP contribution in [0.1, 0.15) is 30.4 Å². The SMILES string of the molecule is Cc1ccc(N2C(=O)C[C@H](Nc3cccc(CN4CCCC4=O)c3)C2=O)cc1. The Bertz CT molecular complexity index is 923. The Balaban J connectivity index is 1.46. The number of aryl methyl sites for hydroxylation is 1.